The van der Waals surface area contributed by atoms with Gasteiger partial charge >= 0.3 is 0 Å². The molecular weight excluding hydrogens is 1280 g/mol. The van der Waals surface area contributed by atoms with Crippen LogP contribution < -0.4 is 0 Å². The third-order valence-corrected chi connectivity index (χ3v) is 25.7. The number of fused-ring (bicyclic) bond motifs is 7. The van der Waals surface area contributed by atoms with E-state index in [0.29, 0.717) is 0 Å². The number of thiophene rings is 4. The van der Waals surface area contributed by atoms with Gasteiger partial charge in [0.1, 0.15) is 11.0 Å². The summed E-state index contributed by atoms with van der Waals surface area (Å²) in [5.74, 6) is 14.2. The van der Waals surface area contributed by atoms with E-state index in [2.05, 4.69) is 229 Å². The van der Waals surface area contributed by atoms with Crippen molar-refractivity contribution in [2.45, 2.75) is 219 Å². The first-order valence-electron chi connectivity index (χ1n) is 37.6. The van der Waals surface area contributed by atoms with Crippen LogP contribution in [-0.2, 0) is 36.6 Å². The second-order valence-electron chi connectivity index (χ2n) is 28.1. The van der Waals surface area contributed by atoms with Crippen LogP contribution in [0.15, 0.2) is 158 Å². The molecule has 504 valence electrons. The van der Waals surface area contributed by atoms with Crippen LogP contribution in [0.3, 0.4) is 0 Å². The van der Waals surface area contributed by atoms with Crippen LogP contribution in [0.4, 0.5) is 0 Å². The molecule has 0 bridgehead atoms. The molecule has 6 aromatic carbocycles. The van der Waals surface area contributed by atoms with Crippen molar-refractivity contribution in [2.24, 2.45) is 0 Å². The Hall–Kier alpha value is -7.80. The molecule has 5 aromatic heterocycles. The number of aromatic nitrogens is 3. The largest absolute Gasteiger partial charge is 0.184 e. The second kappa shape index (κ2) is 32.7. The third-order valence-electron chi connectivity index (χ3n) is 21.1. The maximum Gasteiger partial charge on any atom is 0.122 e. The quantitative estimate of drug-likeness (QED) is 0.0303. The Bertz CT molecular complexity index is 4660. The maximum atomic E-state index is 5.51. The Morgan fingerprint density at radius 2 is 0.778 bits per heavy atom. The Labute approximate surface area is 608 Å². The van der Waals surface area contributed by atoms with E-state index in [1.807, 2.05) is 50.1 Å². The number of hydrogen-bond acceptors (Lipinski definition) is 6. The number of terminal acetylenes is 1. The highest BCUT2D eigenvalue weighted by atomic mass is 32.1. The third kappa shape index (κ3) is 14.6. The zero-order valence-electron chi connectivity index (χ0n) is 59.4. The van der Waals surface area contributed by atoms with E-state index in [4.69, 9.17) is 16.6 Å². The standard InChI is InChI=1S/C92H97N3S4/c1-8-13-18-23-26-30-35-68-41-49-72(50-42-68)91(71-47-39-67(40-48-71)34-29-21-16-11-4)79-63-78-80(62-77(79)89-81(91)61-66(7)97-89)92(73-51-43-69(44-52-73)36-31-27-24-19-14-9-2,74-53-45-70(46-54-74)37-32-28-25-20-15-10-3)82-64-86(99-90(78)82)85-59-58-84(98-85)76-56-55-75(83-57-38-65(6)96-83)87-88(76)94-95(93-87)60-33-22-17-12-5/h4,38-59,61-64H,8-10,12-15,17-20,22-28,30-33,35-37,60H2,1-3,5-7H3. The number of nitrogens with zero attached hydrogens (tertiary/aromatic N) is 3. The molecule has 0 saturated heterocycles. The highest BCUT2D eigenvalue weighted by molar-refractivity contribution is 7.25. The van der Waals surface area contributed by atoms with Crippen molar-refractivity contribution in [1.82, 2.24) is 15.0 Å². The fourth-order valence-electron chi connectivity index (χ4n) is 15.9. The fourth-order valence-corrected chi connectivity index (χ4v) is 20.3. The van der Waals surface area contributed by atoms with Crippen LogP contribution in [0.1, 0.15) is 245 Å². The lowest BCUT2D eigenvalue weighted by Gasteiger charge is -2.35. The van der Waals surface area contributed by atoms with E-state index in [1.54, 1.807) is 0 Å². The summed E-state index contributed by atoms with van der Waals surface area (Å²) < 4.78 is 0. The van der Waals surface area contributed by atoms with Crippen molar-refractivity contribution in [1.29, 1.82) is 0 Å². The van der Waals surface area contributed by atoms with E-state index in [-0.39, 0.29) is 0 Å². The Morgan fingerprint density at radius 1 is 0.354 bits per heavy atom. The lowest BCUT2D eigenvalue weighted by Crippen LogP contribution is -2.30. The molecule has 1 unspecified atom stereocenters. The summed E-state index contributed by atoms with van der Waals surface area (Å²) in [6, 6.07) is 63.2. The summed E-state index contributed by atoms with van der Waals surface area (Å²) >= 11 is 7.66. The number of hydrogen-bond donors (Lipinski definition) is 0. The molecule has 2 aliphatic rings. The topological polar surface area (TPSA) is 30.7 Å². The minimum Gasteiger partial charge on any atom is -0.184 e. The Balaban J connectivity index is 1.00. The SMILES string of the molecule is C#CC#CC#Cc1ccc(C2(c3ccc(CCCCCCCC)cc3)c3cc4c(cc3-c3sc(C)cc32)C(c2ccc(CCCCCCCC)cc2)(c2ccc(CCCCCCCC)cc2)c2cc(-c3ccc(-c5ccc(-c6ccc(C)s6)c6nn(CCCCCC)nc56)s3)sc2-4)cc1. The van der Waals surface area contributed by atoms with Crippen LogP contribution in [0.2, 0.25) is 0 Å². The molecule has 0 aliphatic heterocycles. The second-order valence-corrected chi connectivity index (χ2v) is 32.7. The highest BCUT2D eigenvalue weighted by Crippen LogP contribution is 2.66. The van der Waals surface area contributed by atoms with Crippen molar-refractivity contribution in [3.05, 3.63) is 234 Å². The van der Waals surface area contributed by atoms with Gasteiger partial charge in [-0.25, -0.2) is 0 Å². The smallest absolute Gasteiger partial charge is 0.122 e. The summed E-state index contributed by atoms with van der Waals surface area (Å²) in [7, 11) is 0. The first-order valence-corrected chi connectivity index (χ1v) is 40.8. The average Bonchev–Trinajstić information content (AvgIpc) is 1.51. The monoisotopic (exact) mass is 1370 g/mol. The van der Waals surface area contributed by atoms with Gasteiger partial charge in [0.2, 0.25) is 0 Å². The van der Waals surface area contributed by atoms with Gasteiger partial charge in [-0.3, -0.25) is 0 Å². The Kier molecular flexibility index (Phi) is 23.0. The highest BCUT2D eigenvalue weighted by Gasteiger charge is 2.53. The molecule has 5 heterocycles. The van der Waals surface area contributed by atoms with Crippen LogP contribution in [-0.4, -0.2) is 15.0 Å². The van der Waals surface area contributed by atoms with Crippen molar-refractivity contribution in [3.8, 4) is 87.5 Å². The van der Waals surface area contributed by atoms with Gasteiger partial charge in [0, 0.05) is 55.7 Å². The molecule has 13 rings (SSSR count). The molecule has 1 atom stereocenters. The van der Waals surface area contributed by atoms with E-state index >= 15 is 0 Å². The molecule has 11 aromatic rings. The molecule has 0 fully saturated rings. The van der Waals surface area contributed by atoms with Crippen molar-refractivity contribution in [2.75, 3.05) is 0 Å². The first kappa shape index (κ1) is 69.7. The van der Waals surface area contributed by atoms with Gasteiger partial charge in [-0.2, -0.15) is 15.0 Å². The fraction of sp³-hybridized carbons (Fsp3) is 0.370. The number of benzene rings is 6. The average molecular weight is 1370 g/mol. The zero-order valence-corrected chi connectivity index (χ0v) is 62.7. The predicted molar refractivity (Wildman–Crippen MR) is 428 cm³/mol. The van der Waals surface area contributed by atoms with E-state index in [9.17, 15) is 0 Å². The molecule has 0 N–H and O–H groups in total. The minimum atomic E-state index is -0.623. The van der Waals surface area contributed by atoms with Gasteiger partial charge in [-0.1, -0.05) is 246 Å². The number of rotatable bonds is 33. The van der Waals surface area contributed by atoms with Gasteiger partial charge in [0.25, 0.3) is 0 Å². The summed E-state index contributed by atoms with van der Waals surface area (Å²) in [6.45, 7) is 14.5. The molecule has 0 amide bonds. The van der Waals surface area contributed by atoms with Gasteiger partial charge in [-0.05, 0) is 215 Å². The van der Waals surface area contributed by atoms with Crippen molar-refractivity contribution in [3.63, 3.8) is 0 Å². The summed E-state index contributed by atoms with van der Waals surface area (Å²) in [5.41, 5.74) is 21.5. The molecular formula is C92H97N3S4. The van der Waals surface area contributed by atoms with E-state index in [1.165, 1.54) is 246 Å². The molecule has 99 heavy (non-hydrogen) atoms. The van der Waals surface area contributed by atoms with Crippen LogP contribution in [0, 0.1) is 49.9 Å². The molecule has 2 aliphatic carbocycles. The maximum absolute atomic E-state index is 5.51. The van der Waals surface area contributed by atoms with Gasteiger partial charge in [0.05, 0.1) is 17.4 Å². The molecule has 0 spiro atoms. The summed E-state index contributed by atoms with van der Waals surface area (Å²) in [6.07, 6.45) is 36.7. The molecule has 0 radical (unpaired) electrons. The van der Waals surface area contributed by atoms with Crippen LogP contribution in [0.5, 0.6) is 0 Å². The van der Waals surface area contributed by atoms with Gasteiger partial charge in [-0.15, -0.1) is 51.8 Å². The van der Waals surface area contributed by atoms with Crippen molar-refractivity contribution < 1.29 is 0 Å². The summed E-state index contributed by atoms with van der Waals surface area (Å²) in [5, 5.41) is 10.6. The van der Waals surface area contributed by atoms with Gasteiger partial charge in [0.15, 0.2) is 0 Å². The van der Waals surface area contributed by atoms with E-state index in [0.717, 1.165) is 60.0 Å². The first-order chi connectivity index (χ1) is 48.7. The van der Waals surface area contributed by atoms with Crippen LogP contribution >= 0.6 is 45.3 Å². The van der Waals surface area contributed by atoms with Crippen molar-refractivity contribution >= 4 is 56.4 Å². The zero-order chi connectivity index (χ0) is 68.1. The Morgan fingerprint density at radius 3 is 1.25 bits per heavy atom. The predicted octanol–water partition coefficient (Wildman–Crippen LogP) is 26.3. The molecule has 7 heteroatoms. The lowest BCUT2D eigenvalue weighted by atomic mass is 9.65. The normalized spacial score (nSPS) is 13.9. The molecule has 3 nitrogen and oxygen atoms in total. The number of unbranched alkanes of at least 4 members (excludes halogenated alkanes) is 18. The lowest BCUT2D eigenvalue weighted by molar-refractivity contribution is 0.495. The number of aryl methyl sites for hydroxylation is 6. The van der Waals surface area contributed by atoms with Gasteiger partial charge < -0.3 is 0 Å². The van der Waals surface area contributed by atoms with E-state index < -0.39 is 10.8 Å². The van der Waals surface area contributed by atoms with Crippen LogP contribution in [0.25, 0.3) is 62.6 Å². The summed E-state index contributed by atoms with van der Waals surface area (Å²) in [4.78, 5) is 12.3. The molecule has 0 saturated carbocycles. The minimum absolute atomic E-state index is 0.622.